The number of anilines is 3. The molecular formula is C15H19ClN4. The number of aryl methyl sites for hydroxylation is 1. The molecule has 0 amide bonds. The second-order valence-corrected chi connectivity index (χ2v) is 6.17. The molecule has 2 rings (SSSR count). The lowest BCUT2D eigenvalue weighted by molar-refractivity contribution is 0.626. The number of nitrogens with one attached hydrogen (secondary N) is 2. The molecule has 106 valence electrons. The zero-order chi connectivity index (χ0) is 14.8. The van der Waals surface area contributed by atoms with E-state index >= 15 is 0 Å². The maximum atomic E-state index is 5.88. The Hall–Kier alpha value is -1.81. The van der Waals surface area contributed by atoms with Crippen LogP contribution >= 0.6 is 11.6 Å². The summed E-state index contributed by atoms with van der Waals surface area (Å²) in [5.41, 5.74) is 1.85. The third-order valence-corrected chi connectivity index (χ3v) is 2.82. The lowest BCUT2D eigenvalue weighted by Crippen LogP contribution is -2.27. The molecule has 0 fully saturated rings. The van der Waals surface area contributed by atoms with Gasteiger partial charge in [0.15, 0.2) is 0 Å². The van der Waals surface area contributed by atoms with Crippen LogP contribution in [0.4, 0.5) is 17.5 Å². The third-order valence-electron chi connectivity index (χ3n) is 2.57. The molecule has 0 radical (unpaired) electrons. The van der Waals surface area contributed by atoms with Gasteiger partial charge >= 0.3 is 0 Å². The standard InChI is InChI=1S/C15H19ClN4/c1-10-9-17-14(20-15(2,3)4)19-13(10)18-12-7-5-11(16)6-8-12/h5-9H,1-4H3,(H2,17,18,19,20). The summed E-state index contributed by atoms with van der Waals surface area (Å²) >= 11 is 5.88. The highest BCUT2D eigenvalue weighted by Gasteiger charge is 2.12. The van der Waals surface area contributed by atoms with Crippen molar-refractivity contribution in [3.05, 3.63) is 41.0 Å². The highest BCUT2D eigenvalue weighted by Crippen LogP contribution is 2.21. The highest BCUT2D eigenvalue weighted by atomic mass is 35.5. The van der Waals surface area contributed by atoms with E-state index in [1.54, 1.807) is 6.20 Å². The minimum atomic E-state index is -0.0766. The Morgan fingerprint density at radius 2 is 1.75 bits per heavy atom. The van der Waals surface area contributed by atoms with Crippen LogP contribution in [0.3, 0.4) is 0 Å². The van der Waals surface area contributed by atoms with Crippen LogP contribution in [-0.4, -0.2) is 15.5 Å². The van der Waals surface area contributed by atoms with E-state index in [-0.39, 0.29) is 5.54 Å². The zero-order valence-corrected chi connectivity index (χ0v) is 12.9. The van der Waals surface area contributed by atoms with Crippen LogP contribution < -0.4 is 10.6 Å². The molecule has 2 N–H and O–H groups in total. The summed E-state index contributed by atoms with van der Waals surface area (Å²) in [5, 5.41) is 7.25. The number of aromatic nitrogens is 2. The van der Waals surface area contributed by atoms with Crippen LogP contribution in [-0.2, 0) is 0 Å². The second-order valence-electron chi connectivity index (χ2n) is 5.73. The van der Waals surface area contributed by atoms with Gasteiger partial charge in [0, 0.05) is 28.0 Å². The van der Waals surface area contributed by atoms with Crippen LogP contribution in [0.1, 0.15) is 26.3 Å². The Labute approximate surface area is 124 Å². The molecule has 0 saturated heterocycles. The summed E-state index contributed by atoms with van der Waals surface area (Å²) in [5.74, 6) is 1.40. The molecular weight excluding hydrogens is 272 g/mol. The predicted octanol–water partition coefficient (Wildman–Crippen LogP) is 4.39. The largest absolute Gasteiger partial charge is 0.350 e. The monoisotopic (exact) mass is 290 g/mol. The fourth-order valence-electron chi connectivity index (χ4n) is 1.63. The van der Waals surface area contributed by atoms with Crippen molar-refractivity contribution in [1.29, 1.82) is 0 Å². The molecule has 0 atom stereocenters. The fraction of sp³-hybridized carbons (Fsp3) is 0.333. The molecule has 5 heteroatoms. The van der Waals surface area contributed by atoms with E-state index < -0.39 is 0 Å². The van der Waals surface area contributed by atoms with Gasteiger partial charge in [0.2, 0.25) is 5.95 Å². The van der Waals surface area contributed by atoms with Crippen molar-refractivity contribution in [2.45, 2.75) is 33.2 Å². The van der Waals surface area contributed by atoms with Gasteiger partial charge in [0.1, 0.15) is 5.82 Å². The Bertz CT molecular complexity index is 588. The van der Waals surface area contributed by atoms with E-state index in [4.69, 9.17) is 11.6 Å². The van der Waals surface area contributed by atoms with E-state index in [2.05, 4.69) is 41.4 Å². The van der Waals surface area contributed by atoms with Gasteiger partial charge in [-0.25, -0.2) is 4.98 Å². The molecule has 1 aromatic carbocycles. The highest BCUT2D eigenvalue weighted by molar-refractivity contribution is 6.30. The Kier molecular flexibility index (Phi) is 4.14. The molecule has 0 aliphatic heterocycles. The number of hydrogen-bond acceptors (Lipinski definition) is 4. The zero-order valence-electron chi connectivity index (χ0n) is 12.2. The first kappa shape index (κ1) is 14.6. The summed E-state index contributed by atoms with van der Waals surface area (Å²) < 4.78 is 0. The summed E-state index contributed by atoms with van der Waals surface area (Å²) in [7, 11) is 0. The number of benzene rings is 1. The molecule has 0 saturated carbocycles. The van der Waals surface area contributed by atoms with Crippen LogP contribution in [0.5, 0.6) is 0 Å². The van der Waals surface area contributed by atoms with Gasteiger partial charge in [0.05, 0.1) is 0 Å². The SMILES string of the molecule is Cc1cnc(NC(C)(C)C)nc1Nc1ccc(Cl)cc1. The normalized spacial score (nSPS) is 11.2. The van der Waals surface area contributed by atoms with Crippen LogP contribution in [0.15, 0.2) is 30.5 Å². The van der Waals surface area contributed by atoms with Crippen molar-refractivity contribution in [2.75, 3.05) is 10.6 Å². The predicted molar refractivity (Wildman–Crippen MR) is 84.9 cm³/mol. The van der Waals surface area contributed by atoms with Crippen LogP contribution in [0, 0.1) is 6.92 Å². The second kappa shape index (κ2) is 5.67. The summed E-state index contributed by atoms with van der Waals surface area (Å²) in [4.78, 5) is 8.81. The van der Waals surface area contributed by atoms with E-state index in [0.29, 0.717) is 11.0 Å². The first-order chi connectivity index (χ1) is 9.33. The molecule has 0 aliphatic rings. The molecule has 1 aromatic heterocycles. The Balaban J connectivity index is 2.22. The first-order valence-electron chi connectivity index (χ1n) is 6.48. The maximum Gasteiger partial charge on any atom is 0.225 e. The van der Waals surface area contributed by atoms with Crippen LogP contribution in [0.25, 0.3) is 0 Å². The number of nitrogens with zero attached hydrogens (tertiary/aromatic N) is 2. The van der Waals surface area contributed by atoms with Crippen molar-refractivity contribution in [2.24, 2.45) is 0 Å². The summed E-state index contributed by atoms with van der Waals surface area (Å²) in [6, 6.07) is 7.52. The molecule has 4 nitrogen and oxygen atoms in total. The van der Waals surface area contributed by atoms with Gasteiger partial charge in [0.25, 0.3) is 0 Å². The molecule has 0 bridgehead atoms. The number of halogens is 1. The van der Waals surface area contributed by atoms with E-state index in [1.165, 1.54) is 0 Å². The van der Waals surface area contributed by atoms with Crippen molar-refractivity contribution in [1.82, 2.24) is 9.97 Å². The van der Waals surface area contributed by atoms with Crippen LogP contribution in [0.2, 0.25) is 5.02 Å². The average molecular weight is 291 g/mol. The van der Waals surface area contributed by atoms with Crippen molar-refractivity contribution < 1.29 is 0 Å². The smallest absolute Gasteiger partial charge is 0.225 e. The van der Waals surface area contributed by atoms with Gasteiger partial charge in [-0.2, -0.15) is 4.98 Å². The maximum absolute atomic E-state index is 5.88. The lowest BCUT2D eigenvalue weighted by Gasteiger charge is -2.21. The van der Waals surface area contributed by atoms with Gasteiger partial charge in [-0.15, -0.1) is 0 Å². The summed E-state index contributed by atoms with van der Waals surface area (Å²) in [6.45, 7) is 8.19. The van der Waals surface area contributed by atoms with E-state index in [1.807, 2.05) is 31.2 Å². The van der Waals surface area contributed by atoms with Crippen molar-refractivity contribution in [3.63, 3.8) is 0 Å². The molecule has 20 heavy (non-hydrogen) atoms. The quantitative estimate of drug-likeness (QED) is 0.880. The molecule has 0 aliphatic carbocycles. The summed E-state index contributed by atoms with van der Waals surface area (Å²) in [6.07, 6.45) is 1.80. The Morgan fingerprint density at radius 3 is 2.35 bits per heavy atom. The molecule has 1 heterocycles. The van der Waals surface area contributed by atoms with Crippen molar-refractivity contribution >= 4 is 29.1 Å². The number of hydrogen-bond donors (Lipinski definition) is 2. The third kappa shape index (κ3) is 4.10. The fourth-order valence-corrected chi connectivity index (χ4v) is 1.76. The minimum Gasteiger partial charge on any atom is -0.350 e. The molecule has 0 spiro atoms. The van der Waals surface area contributed by atoms with Gasteiger partial charge in [-0.3, -0.25) is 0 Å². The Morgan fingerprint density at radius 1 is 1.10 bits per heavy atom. The van der Waals surface area contributed by atoms with Gasteiger partial charge in [-0.05, 0) is 52.0 Å². The molecule has 2 aromatic rings. The lowest BCUT2D eigenvalue weighted by atomic mass is 10.1. The number of rotatable bonds is 3. The molecule has 0 unspecified atom stereocenters. The topological polar surface area (TPSA) is 49.8 Å². The first-order valence-corrected chi connectivity index (χ1v) is 6.86. The van der Waals surface area contributed by atoms with Crippen molar-refractivity contribution in [3.8, 4) is 0 Å². The minimum absolute atomic E-state index is 0.0766. The van der Waals surface area contributed by atoms with Gasteiger partial charge < -0.3 is 10.6 Å². The van der Waals surface area contributed by atoms with E-state index in [9.17, 15) is 0 Å². The average Bonchev–Trinajstić information content (AvgIpc) is 2.34. The van der Waals surface area contributed by atoms with Gasteiger partial charge in [-0.1, -0.05) is 11.6 Å². The van der Waals surface area contributed by atoms with E-state index in [0.717, 1.165) is 17.1 Å².